The zero-order valence-electron chi connectivity index (χ0n) is 12.0. The normalized spacial score (nSPS) is 11.6. The van der Waals surface area contributed by atoms with Crippen molar-refractivity contribution in [1.29, 1.82) is 0 Å². The summed E-state index contributed by atoms with van der Waals surface area (Å²) in [7, 11) is 0. The van der Waals surface area contributed by atoms with Crippen LogP contribution in [-0.2, 0) is 9.59 Å². The number of nitrogens with one attached hydrogen (secondary N) is 2. The predicted octanol–water partition coefficient (Wildman–Crippen LogP) is 1.56. The third kappa shape index (κ3) is 5.53. The third-order valence-electron chi connectivity index (χ3n) is 2.71. The molecule has 0 bridgehead atoms. The van der Waals surface area contributed by atoms with E-state index in [4.69, 9.17) is 5.73 Å². The number of hydrogen-bond donors (Lipinski definition) is 3. The fourth-order valence-electron chi connectivity index (χ4n) is 1.42. The predicted molar refractivity (Wildman–Crippen MR) is 78.0 cm³/mol. The van der Waals surface area contributed by atoms with E-state index in [1.807, 2.05) is 0 Å². The Morgan fingerprint density at radius 2 is 1.68 bits per heavy atom. The van der Waals surface area contributed by atoms with Crippen LogP contribution in [0.4, 0.5) is 18.9 Å². The number of nitrogens with two attached hydrogens (primary N) is 1. The average molecular weight is 340 g/mol. The van der Waals surface area contributed by atoms with Crippen LogP contribution < -0.4 is 16.4 Å². The number of hydrogen-bond acceptors (Lipinski definition) is 3. The van der Waals surface area contributed by atoms with E-state index in [-0.39, 0.29) is 24.0 Å². The molecule has 0 radical (unpaired) electrons. The second kappa shape index (κ2) is 8.60. The number of rotatable bonds is 5. The lowest BCUT2D eigenvalue weighted by molar-refractivity contribution is -0.125. The van der Waals surface area contributed by atoms with Crippen LogP contribution in [0.1, 0.15) is 13.8 Å². The smallest absolute Gasteiger partial charge is 0.243 e. The molecule has 0 fully saturated rings. The SMILES string of the molecule is CC(C)[C@H](N)C(=O)NCC(=O)Nc1cc(F)c(F)c(F)c1.Cl. The Morgan fingerprint density at radius 1 is 1.18 bits per heavy atom. The molecule has 5 nitrogen and oxygen atoms in total. The average Bonchev–Trinajstić information content (AvgIpc) is 2.41. The summed E-state index contributed by atoms with van der Waals surface area (Å²) in [6.07, 6.45) is 0. The highest BCUT2D eigenvalue weighted by Gasteiger charge is 2.18. The number of carbonyl (C=O) groups excluding carboxylic acids is 2. The maximum absolute atomic E-state index is 12.9. The van der Waals surface area contributed by atoms with Gasteiger partial charge in [0.2, 0.25) is 11.8 Å². The van der Waals surface area contributed by atoms with Gasteiger partial charge in [-0.15, -0.1) is 12.4 Å². The molecule has 0 aliphatic rings. The molecule has 2 amide bonds. The van der Waals surface area contributed by atoms with Crippen molar-refractivity contribution in [3.63, 3.8) is 0 Å². The summed E-state index contributed by atoms with van der Waals surface area (Å²) in [6.45, 7) is 3.07. The van der Waals surface area contributed by atoms with Gasteiger partial charge in [-0.25, -0.2) is 13.2 Å². The summed E-state index contributed by atoms with van der Waals surface area (Å²) in [6, 6.07) is 0.509. The molecule has 0 unspecified atom stereocenters. The van der Waals surface area contributed by atoms with Gasteiger partial charge in [0.1, 0.15) is 0 Å². The molecular formula is C13H17ClF3N3O2. The Morgan fingerprint density at radius 3 is 2.14 bits per heavy atom. The van der Waals surface area contributed by atoms with E-state index in [0.29, 0.717) is 12.1 Å². The van der Waals surface area contributed by atoms with Crippen molar-refractivity contribution in [3.8, 4) is 0 Å². The van der Waals surface area contributed by atoms with Crippen LogP contribution >= 0.6 is 12.4 Å². The van der Waals surface area contributed by atoms with Gasteiger partial charge in [-0.1, -0.05) is 13.8 Å². The highest BCUT2D eigenvalue weighted by molar-refractivity contribution is 5.95. The molecule has 0 aliphatic heterocycles. The summed E-state index contributed by atoms with van der Waals surface area (Å²) in [5.74, 6) is -5.80. The first kappa shape index (κ1) is 20.2. The molecule has 124 valence electrons. The van der Waals surface area contributed by atoms with Crippen molar-refractivity contribution in [1.82, 2.24) is 5.32 Å². The molecule has 0 heterocycles. The fourth-order valence-corrected chi connectivity index (χ4v) is 1.42. The third-order valence-corrected chi connectivity index (χ3v) is 2.71. The minimum absolute atomic E-state index is 0. The van der Waals surface area contributed by atoms with Crippen LogP contribution in [-0.4, -0.2) is 24.4 Å². The van der Waals surface area contributed by atoms with Crippen LogP contribution in [0.25, 0.3) is 0 Å². The number of benzene rings is 1. The summed E-state index contributed by atoms with van der Waals surface area (Å²) < 4.78 is 38.6. The molecule has 0 aliphatic carbocycles. The largest absolute Gasteiger partial charge is 0.346 e. The molecule has 22 heavy (non-hydrogen) atoms. The first-order chi connectivity index (χ1) is 9.72. The fraction of sp³-hybridized carbons (Fsp3) is 0.385. The van der Waals surface area contributed by atoms with Crippen LogP contribution in [0.2, 0.25) is 0 Å². The molecule has 0 spiro atoms. The number of amides is 2. The summed E-state index contributed by atoms with van der Waals surface area (Å²) >= 11 is 0. The van der Waals surface area contributed by atoms with Gasteiger partial charge in [-0.2, -0.15) is 0 Å². The van der Waals surface area contributed by atoms with Crippen molar-refractivity contribution >= 4 is 29.9 Å². The summed E-state index contributed by atoms with van der Waals surface area (Å²) in [5.41, 5.74) is 5.32. The minimum Gasteiger partial charge on any atom is -0.346 e. The first-order valence-corrected chi connectivity index (χ1v) is 6.20. The Hall–Kier alpha value is -1.80. The van der Waals surface area contributed by atoms with Crippen LogP contribution in [0.5, 0.6) is 0 Å². The number of carbonyl (C=O) groups is 2. The van der Waals surface area contributed by atoms with Crippen molar-refractivity contribution in [3.05, 3.63) is 29.6 Å². The zero-order valence-corrected chi connectivity index (χ0v) is 12.8. The molecule has 0 saturated carbocycles. The van der Waals surface area contributed by atoms with E-state index in [0.717, 1.165) is 0 Å². The van der Waals surface area contributed by atoms with Gasteiger partial charge in [-0.3, -0.25) is 9.59 Å². The quantitative estimate of drug-likeness (QED) is 0.712. The van der Waals surface area contributed by atoms with Gasteiger partial charge >= 0.3 is 0 Å². The van der Waals surface area contributed by atoms with Crippen LogP contribution in [0.3, 0.4) is 0 Å². The highest BCUT2D eigenvalue weighted by atomic mass is 35.5. The highest BCUT2D eigenvalue weighted by Crippen LogP contribution is 2.17. The molecule has 1 aromatic carbocycles. The minimum atomic E-state index is -1.62. The van der Waals surface area contributed by atoms with E-state index in [1.165, 1.54) is 0 Å². The maximum Gasteiger partial charge on any atom is 0.243 e. The van der Waals surface area contributed by atoms with Crippen LogP contribution in [0.15, 0.2) is 12.1 Å². The van der Waals surface area contributed by atoms with E-state index < -0.39 is 41.9 Å². The monoisotopic (exact) mass is 339 g/mol. The Labute approximate surface area is 131 Å². The molecule has 1 aromatic rings. The van der Waals surface area contributed by atoms with Gasteiger partial charge in [0.25, 0.3) is 0 Å². The second-order valence-corrected chi connectivity index (χ2v) is 4.79. The van der Waals surface area contributed by atoms with E-state index in [1.54, 1.807) is 13.8 Å². The molecule has 4 N–H and O–H groups in total. The van der Waals surface area contributed by atoms with Crippen LogP contribution in [0, 0.1) is 23.4 Å². The van der Waals surface area contributed by atoms with Crippen molar-refractivity contribution in [2.75, 3.05) is 11.9 Å². The number of halogens is 4. The number of anilines is 1. The summed E-state index contributed by atoms with van der Waals surface area (Å²) in [5, 5.41) is 4.42. The molecule has 0 aromatic heterocycles. The zero-order chi connectivity index (χ0) is 16.2. The van der Waals surface area contributed by atoms with Gasteiger partial charge in [0.15, 0.2) is 17.5 Å². The first-order valence-electron chi connectivity index (χ1n) is 6.20. The van der Waals surface area contributed by atoms with Gasteiger partial charge in [0, 0.05) is 17.8 Å². The molecule has 9 heteroatoms. The van der Waals surface area contributed by atoms with Gasteiger partial charge in [-0.05, 0) is 5.92 Å². The van der Waals surface area contributed by atoms with Crippen molar-refractivity contribution in [2.24, 2.45) is 11.7 Å². The molecular weight excluding hydrogens is 323 g/mol. The van der Waals surface area contributed by atoms with Crippen molar-refractivity contribution in [2.45, 2.75) is 19.9 Å². The second-order valence-electron chi connectivity index (χ2n) is 4.79. The Balaban J connectivity index is 0.00000441. The standard InChI is InChI=1S/C13H16F3N3O2.ClH/c1-6(2)12(17)13(21)18-5-10(20)19-7-3-8(14)11(16)9(15)4-7;/h3-4,6,12H,5,17H2,1-2H3,(H,18,21)(H,19,20);1H/t12-;/m0./s1. The Bertz CT molecular complexity index is 532. The lowest BCUT2D eigenvalue weighted by Crippen LogP contribution is -2.46. The lowest BCUT2D eigenvalue weighted by Gasteiger charge is -2.15. The lowest BCUT2D eigenvalue weighted by atomic mass is 10.1. The van der Waals surface area contributed by atoms with Gasteiger partial charge in [0.05, 0.1) is 12.6 Å². The molecule has 0 saturated heterocycles. The van der Waals surface area contributed by atoms with E-state index >= 15 is 0 Å². The molecule has 1 atom stereocenters. The van der Waals surface area contributed by atoms with Crippen molar-refractivity contribution < 1.29 is 22.8 Å². The topological polar surface area (TPSA) is 84.2 Å². The van der Waals surface area contributed by atoms with Gasteiger partial charge < -0.3 is 16.4 Å². The van der Waals surface area contributed by atoms with E-state index in [2.05, 4.69) is 10.6 Å². The maximum atomic E-state index is 12.9. The molecule has 1 rings (SSSR count). The van der Waals surface area contributed by atoms with E-state index in [9.17, 15) is 22.8 Å². The Kier molecular flexibility index (Phi) is 7.89. The summed E-state index contributed by atoms with van der Waals surface area (Å²) in [4.78, 5) is 23.0.